The molecular formula is C19H27N2O2P. The highest BCUT2D eigenvalue weighted by Gasteiger charge is 2.12. The van der Waals surface area contributed by atoms with Gasteiger partial charge in [0.25, 0.3) is 5.91 Å². The van der Waals surface area contributed by atoms with Crippen molar-refractivity contribution in [2.75, 3.05) is 18.6 Å². The second kappa shape index (κ2) is 9.39. The van der Waals surface area contributed by atoms with Crippen LogP contribution in [-0.4, -0.2) is 24.2 Å². The fourth-order valence-electron chi connectivity index (χ4n) is 1.72. The van der Waals surface area contributed by atoms with Crippen LogP contribution in [0.5, 0.6) is 0 Å². The van der Waals surface area contributed by atoms with Gasteiger partial charge in [-0.1, -0.05) is 38.8 Å². The maximum atomic E-state index is 12.1. The van der Waals surface area contributed by atoms with E-state index in [1.165, 1.54) is 12.8 Å². The van der Waals surface area contributed by atoms with E-state index in [1.54, 1.807) is 49.9 Å². The number of nitrogens with one attached hydrogen (secondary N) is 1. The fraction of sp³-hybridized carbons (Fsp3) is 0.368. The maximum absolute atomic E-state index is 12.1. The van der Waals surface area contributed by atoms with Crippen LogP contribution in [0.25, 0.3) is 0 Å². The zero-order chi connectivity index (χ0) is 18.2. The Morgan fingerprint density at radius 2 is 1.62 bits per heavy atom. The second-order valence-corrected chi connectivity index (χ2v) is 9.26. The molecule has 0 aliphatic carbocycles. The van der Waals surface area contributed by atoms with Crippen molar-refractivity contribution in [3.63, 3.8) is 0 Å². The van der Waals surface area contributed by atoms with E-state index in [1.807, 2.05) is 13.0 Å². The van der Waals surface area contributed by atoms with Gasteiger partial charge in [-0.2, -0.15) is 0 Å². The molecule has 0 saturated heterocycles. The van der Waals surface area contributed by atoms with Crippen molar-refractivity contribution in [1.82, 2.24) is 4.98 Å². The van der Waals surface area contributed by atoms with Gasteiger partial charge in [-0.3, -0.25) is 9.78 Å². The van der Waals surface area contributed by atoms with Gasteiger partial charge < -0.3 is 9.88 Å². The molecule has 0 bridgehead atoms. The van der Waals surface area contributed by atoms with Crippen molar-refractivity contribution in [2.24, 2.45) is 0 Å². The van der Waals surface area contributed by atoms with Crippen LogP contribution >= 0.6 is 7.14 Å². The largest absolute Gasteiger partial charge is 0.321 e. The van der Waals surface area contributed by atoms with Gasteiger partial charge in [0, 0.05) is 16.6 Å². The van der Waals surface area contributed by atoms with Crippen LogP contribution in [0.1, 0.15) is 42.7 Å². The monoisotopic (exact) mass is 346 g/mol. The molecule has 0 radical (unpaired) electrons. The van der Waals surface area contributed by atoms with Crippen LogP contribution in [0.3, 0.4) is 0 Å². The Hall–Kier alpha value is -1.93. The van der Waals surface area contributed by atoms with E-state index in [-0.39, 0.29) is 5.91 Å². The zero-order valence-electron chi connectivity index (χ0n) is 15.2. The number of carbonyl (C=O) groups is 1. The summed E-state index contributed by atoms with van der Waals surface area (Å²) in [6.07, 6.45) is 4.26. The number of amides is 1. The highest BCUT2D eigenvalue weighted by molar-refractivity contribution is 7.70. The molecule has 0 saturated carbocycles. The van der Waals surface area contributed by atoms with Gasteiger partial charge in [0.2, 0.25) is 0 Å². The molecule has 1 heterocycles. The minimum absolute atomic E-state index is 0.204. The average Bonchev–Trinajstić information content (AvgIpc) is 2.56. The quantitative estimate of drug-likeness (QED) is 0.817. The lowest BCUT2D eigenvalue weighted by atomic mass is 10.2. The van der Waals surface area contributed by atoms with Gasteiger partial charge in [0.15, 0.2) is 0 Å². The number of carbonyl (C=O) groups excluding carboxylic acids is 1. The number of anilines is 1. The lowest BCUT2D eigenvalue weighted by Gasteiger charge is -2.08. The molecule has 4 nitrogen and oxygen atoms in total. The molecule has 0 unspecified atom stereocenters. The number of hydrogen-bond acceptors (Lipinski definition) is 3. The average molecular weight is 346 g/mol. The summed E-state index contributed by atoms with van der Waals surface area (Å²) >= 11 is 0. The molecule has 130 valence electrons. The smallest absolute Gasteiger partial charge is 0.255 e. The lowest BCUT2D eigenvalue weighted by Crippen LogP contribution is -2.13. The Kier molecular flexibility index (Phi) is 7.87. The minimum Gasteiger partial charge on any atom is -0.321 e. The highest BCUT2D eigenvalue weighted by Crippen LogP contribution is 2.34. The molecule has 24 heavy (non-hydrogen) atoms. The number of pyridine rings is 1. The molecule has 0 aliphatic rings. The Labute approximate surface area is 145 Å². The normalized spacial score (nSPS) is 10.5. The fourth-order valence-corrected chi connectivity index (χ4v) is 2.58. The third-order valence-corrected chi connectivity index (χ3v) is 4.96. The lowest BCUT2D eigenvalue weighted by molar-refractivity contribution is 0.102. The first-order valence-corrected chi connectivity index (χ1v) is 10.8. The van der Waals surface area contributed by atoms with Gasteiger partial charge in [0.05, 0.1) is 11.9 Å². The first-order chi connectivity index (χ1) is 11.3. The molecule has 0 aliphatic heterocycles. The highest BCUT2D eigenvalue weighted by atomic mass is 31.2. The number of unbranched alkanes of at least 4 members (excludes halogenated alkanes) is 1. The van der Waals surface area contributed by atoms with Gasteiger partial charge in [0.1, 0.15) is 7.14 Å². The van der Waals surface area contributed by atoms with E-state index in [2.05, 4.69) is 24.1 Å². The molecule has 2 rings (SSSR count). The molecule has 1 aromatic carbocycles. The van der Waals surface area contributed by atoms with Gasteiger partial charge >= 0.3 is 0 Å². The minimum atomic E-state index is -2.28. The summed E-state index contributed by atoms with van der Waals surface area (Å²) in [4.78, 5) is 16.2. The number of nitrogens with zero attached hydrogens (tertiary/aromatic N) is 1. The molecule has 0 fully saturated rings. The number of aromatic nitrogens is 1. The predicted molar refractivity (Wildman–Crippen MR) is 103 cm³/mol. The standard InChI is InChI=1S/C15H17N2O2P.C4H10/c1-11-4-7-13(10-16-11)17-15(18)12-5-8-14(9-6-12)20(2,3)19;1-3-4-2/h4-10H,1-3H3,(H,17,18);3-4H2,1-2H3. The van der Waals surface area contributed by atoms with Crippen LogP contribution < -0.4 is 10.6 Å². The summed E-state index contributed by atoms with van der Waals surface area (Å²) in [7, 11) is -2.28. The van der Waals surface area contributed by atoms with Crippen molar-refractivity contribution in [3.8, 4) is 0 Å². The van der Waals surface area contributed by atoms with E-state index >= 15 is 0 Å². The van der Waals surface area contributed by atoms with E-state index in [4.69, 9.17) is 0 Å². The number of aryl methyl sites for hydroxylation is 1. The number of benzene rings is 1. The number of hydrogen-bond donors (Lipinski definition) is 1. The van der Waals surface area contributed by atoms with Crippen LogP contribution in [0.15, 0.2) is 42.6 Å². The second-order valence-electron chi connectivity index (χ2n) is 6.04. The molecule has 0 spiro atoms. The summed E-state index contributed by atoms with van der Waals surface area (Å²) in [6.45, 7) is 9.66. The first-order valence-electron chi connectivity index (χ1n) is 8.17. The van der Waals surface area contributed by atoms with Gasteiger partial charge in [-0.05, 0) is 44.5 Å². The van der Waals surface area contributed by atoms with Crippen molar-refractivity contribution in [1.29, 1.82) is 0 Å². The summed E-state index contributed by atoms with van der Waals surface area (Å²) in [5.41, 5.74) is 2.08. The first kappa shape index (κ1) is 20.1. The maximum Gasteiger partial charge on any atom is 0.255 e. The van der Waals surface area contributed by atoms with E-state index in [9.17, 15) is 9.36 Å². The van der Waals surface area contributed by atoms with Crippen LogP contribution in [0.4, 0.5) is 5.69 Å². The predicted octanol–water partition coefficient (Wildman–Crippen LogP) is 4.70. The van der Waals surface area contributed by atoms with E-state index in [0.29, 0.717) is 11.3 Å². The molecule has 1 amide bonds. The van der Waals surface area contributed by atoms with Crippen LogP contribution in [0, 0.1) is 6.92 Å². The molecule has 2 aromatic rings. The van der Waals surface area contributed by atoms with Crippen LogP contribution in [0.2, 0.25) is 0 Å². The molecule has 1 N–H and O–H groups in total. The number of rotatable bonds is 4. The topological polar surface area (TPSA) is 59.1 Å². The summed E-state index contributed by atoms with van der Waals surface area (Å²) in [5, 5.41) is 3.54. The molecule has 5 heteroatoms. The van der Waals surface area contributed by atoms with Gasteiger partial charge in [-0.15, -0.1) is 0 Å². The molecule has 0 atom stereocenters. The molecule has 1 aromatic heterocycles. The van der Waals surface area contributed by atoms with Crippen molar-refractivity contribution < 1.29 is 9.36 Å². The van der Waals surface area contributed by atoms with Crippen molar-refractivity contribution in [3.05, 3.63) is 53.9 Å². The van der Waals surface area contributed by atoms with Crippen molar-refractivity contribution >= 4 is 24.0 Å². The third kappa shape index (κ3) is 6.67. The van der Waals surface area contributed by atoms with Gasteiger partial charge in [-0.25, -0.2) is 0 Å². The summed E-state index contributed by atoms with van der Waals surface area (Å²) in [5.74, 6) is -0.204. The Morgan fingerprint density at radius 3 is 2.04 bits per heavy atom. The summed E-state index contributed by atoms with van der Waals surface area (Å²) in [6, 6.07) is 10.5. The van der Waals surface area contributed by atoms with E-state index < -0.39 is 7.14 Å². The SMILES string of the molecule is CCCC.Cc1ccc(NC(=O)c2ccc(P(C)(C)=O)cc2)cn1. The Bertz CT molecular complexity index is 686. The van der Waals surface area contributed by atoms with E-state index in [0.717, 1.165) is 11.0 Å². The Balaban J connectivity index is 0.000000648. The van der Waals surface area contributed by atoms with Crippen molar-refractivity contribution in [2.45, 2.75) is 33.6 Å². The summed E-state index contributed by atoms with van der Waals surface area (Å²) < 4.78 is 11.9. The molecular weight excluding hydrogens is 319 g/mol. The zero-order valence-corrected chi connectivity index (χ0v) is 16.1. The Morgan fingerprint density at radius 1 is 1.04 bits per heavy atom. The third-order valence-electron chi connectivity index (χ3n) is 3.42. The van der Waals surface area contributed by atoms with Crippen LogP contribution in [-0.2, 0) is 4.57 Å².